The molecule has 1 aromatic carbocycles. The van der Waals surface area contributed by atoms with Gasteiger partial charge in [0.1, 0.15) is 0 Å². The molecule has 1 unspecified atom stereocenters. The highest BCUT2D eigenvalue weighted by atomic mass is 14.9. The molecule has 0 radical (unpaired) electrons. The third-order valence-corrected chi connectivity index (χ3v) is 4.27. The van der Waals surface area contributed by atoms with Crippen molar-refractivity contribution in [3.8, 4) is 0 Å². The van der Waals surface area contributed by atoms with Gasteiger partial charge in [-0.1, -0.05) is 64.3 Å². The maximum atomic E-state index is 3.73. The van der Waals surface area contributed by atoms with Crippen LogP contribution < -0.4 is 5.32 Å². The molecule has 0 bridgehead atoms. The van der Waals surface area contributed by atoms with Gasteiger partial charge in [-0.2, -0.15) is 0 Å². The summed E-state index contributed by atoms with van der Waals surface area (Å²) in [4.78, 5) is 0. The zero-order chi connectivity index (χ0) is 13.7. The summed E-state index contributed by atoms with van der Waals surface area (Å²) in [5.41, 5.74) is 3.06. The number of nitrogens with one attached hydrogen (secondary N) is 1. The second-order valence-electron chi connectivity index (χ2n) is 6.31. The van der Waals surface area contributed by atoms with Crippen molar-refractivity contribution in [3.63, 3.8) is 0 Å². The van der Waals surface area contributed by atoms with Crippen LogP contribution in [0.5, 0.6) is 0 Å². The molecule has 106 valence electrons. The van der Waals surface area contributed by atoms with Gasteiger partial charge in [-0.3, -0.25) is 0 Å². The fraction of sp³-hybridized carbons (Fsp3) is 0.667. The first-order chi connectivity index (χ1) is 9.20. The Bertz CT molecular complexity index is 379. The van der Waals surface area contributed by atoms with E-state index in [-0.39, 0.29) is 0 Å². The van der Waals surface area contributed by atoms with Crippen LogP contribution in [0.15, 0.2) is 24.3 Å². The zero-order valence-electron chi connectivity index (χ0n) is 12.8. The summed E-state index contributed by atoms with van der Waals surface area (Å²) >= 11 is 0. The smallest absolute Gasteiger partial charge is 0.0322 e. The van der Waals surface area contributed by atoms with E-state index in [9.17, 15) is 0 Å². The molecular weight excluding hydrogens is 230 g/mol. The molecular formula is C18H29N. The van der Waals surface area contributed by atoms with Gasteiger partial charge in [-0.15, -0.1) is 0 Å². The van der Waals surface area contributed by atoms with Crippen molar-refractivity contribution < 1.29 is 0 Å². The van der Waals surface area contributed by atoms with Gasteiger partial charge in [-0.05, 0) is 36.3 Å². The molecule has 2 rings (SSSR count). The minimum absolute atomic E-state index is 0.528. The summed E-state index contributed by atoms with van der Waals surface area (Å²) in [7, 11) is 0. The Balaban J connectivity index is 2.09. The van der Waals surface area contributed by atoms with Crippen molar-refractivity contribution in [2.75, 3.05) is 0 Å². The van der Waals surface area contributed by atoms with E-state index < -0.39 is 0 Å². The Morgan fingerprint density at radius 1 is 1.26 bits per heavy atom. The highest BCUT2D eigenvalue weighted by Crippen LogP contribution is 2.37. The number of unbranched alkanes of at least 4 members (excludes halogenated alkanes) is 1. The molecule has 1 saturated carbocycles. The standard InChI is InChI=1S/C18H29N/c1-4-5-12-18(19-14(2)3)17-11-7-10-16(13-17)15-8-6-9-15/h7,10-11,13-15,18-19H,4-6,8-9,12H2,1-3H3. The topological polar surface area (TPSA) is 12.0 Å². The molecule has 0 saturated heterocycles. The van der Waals surface area contributed by atoms with E-state index in [0.717, 1.165) is 5.92 Å². The Kier molecular flexibility index (Phi) is 5.45. The highest BCUT2D eigenvalue weighted by molar-refractivity contribution is 5.29. The van der Waals surface area contributed by atoms with Gasteiger partial charge in [0, 0.05) is 12.1 Å². The second-order valence-corrected chi connectivity index (χ2v) is 6.31. The molecule has 1 heteroatoms. The minimum Gasteiger partial charge on any atom is -0.308 e. The summed E-state index contributed by atoms with van der Waals surface area (Å²) in [6, 6.07) is 10.4. The van der Waals surface area contributed by atoms with Crippen LogP contribution in [0.1, 0.15) is 82.4 Å². The van der Waals surface area contributed by atoms with Crippen molar-refractivity contribution >= 4 is 0 Å². The number of hydrogen-bond acceptors (Lipinski definition) is 1. The van der Waals surface area contributed by atoms with E-state index in [1.807, 2.05) is 0 Å². The van der Waals surface area contributed by atoms with E-state index in [1.54, 1.807) is 5.56 Å². The van der Waals surface area contributed by atoms with Crippen LogP contribution in [-0.4, -0.2) is 6.04 Å². The molecule has 0 heterocycles. The Labute approximate surface area is 118 Å². The van der Waals surface area contributed by atoms with Crippen molar-refractivity contribution in [1.82, 2.24) is 5.32 Å². The minimum atomic E-state index is 0.528. The second kappa shape index (κ2) is 7.09. The van der Waals surface area contributed by atoms with Crippen LogP contribution in [-0.2, 0) is 0 Å². The molecule has 0 aromatic heterocycles. The highest BCUT2D eigenvalue weighted by Gasteiger charge is 2.20. The van der Waals surface area contributed by atoms with Gasteiger partial charge >= 0.3 is 0 Å². The van der Waals surface area contributed by atoms with Gasteiger partial charge in [0.05, 0.1) is 0 Å². The summed E-state index contributed by atoms with van der Waals surface area (Å²) in [5.74, 6) is 0.839. The molecule has 0 amide bonds. The average Bonchev–Trinajstić information content (AvgIpc) is 2.32. The first-order valence-electron chi connectivity index (χ1n) is 8.06. The average molecular weight is 259 g/mol. The molecule has 1 atom stereocenters. The molecule has 19 heavy (non-hydrogen) atoms. The lowest BCUT2D eigenvalue weighted by Crippen LogP contribution is -2.28. The molecule has 0 spiro atoms. The number of hydrogen-bond donors (Lipinski definition) is 1. The normalized spacial score (nSPS) is 17.5. The molecule has 1 nitrogen and oxygen atoms in total. The lowest BCUT2D eigenvalue weighted by molar-refractivity contribution is 0.416. The Morgan fingerprint density at radius 2 is 2.05 bits per heavy atom. The predicted molar refractivity (Wildman–Crippen MR) is 83.6 cm³/mol. The maximum absolute atomic E-state index is 3.73. The van der Waals surface area contributed by atoms with Gasteiger partial charge in [0.2, 0.25) is 0 Å². The monoisotopic (exact) mass is 259 g/mol. The Morgan fingerprint density at radius 3 is 2.63 bits per heavy atom. The number of benzene rings is 1. The summed E-state index contributed by atoms with van der Waals surface area (Å²) in [6.07, 6.45) is 8.03. The molecule has 1 aliphatic carbocycles. The fourth-order valence-electron chi connectivity index (χ4n) is 2.93. The predicted octanol–water partition coefficient (Wildman–Crippen LogP) is 5.18. The van der Waals surface area contributed by atoms with Crippen molar-refractivity contribution in [1.29, 1.82) is 0 Å². The van der Waals surface area contributed by atoms with Crippen molar-refractivity contribution in [3.05, 3.63) is 35.4 Å². The number of rotatable bonds is 7. The van der Waals surface area contributed by atoms with E-state index >= 15 is 0 Å². The first-order valence-corrected chi connectivity index (χ1v) is 8.06. The first kappa shape index (κ1) is 14.6. The molecule has 1 N–H and O–H groups in total. The van der Waals surface area contributed by atoms with Crippen LogP contribution in [0.25, 0.3) is 0 Å². The van der Waals surface area contributed by atoms with Gasteiger partial charge in [-0.25, -0.2) is 0 Å². The quantitative estimate of drug-likeness (QED) is 0.711. The fourth-order valence-corrected chi connectivity index (χ4v) is 2.93. The van der Waals surface area contributed by atoms with Crippen molar-refractivity contribution in [2.24, 2.45) is 0 Å². The Hall–Kier alpha value is -0.820. The van der Waals surface area contributed by atoms with Crippen LogP contribution >= 0.6 is 0 Å². The van der Waals surface area contributed by atoms with Gasteiger partial charge < -0.3 is 5.32 Å². The molecule has 0 aliphatic heterocycles. The molecule has 1 fully saturated rings. The van der Waals surface area contributed by atoms with Crippen LogP contribution in [0.2, 0.25) is 0 Å². The summed E-state index contributed by atoms with van der Waals surface area (Å²) in [5, 5.41) is 3.73. The van der Waals surface area contributed by atoms with Crippen LogP contribution in [0, 0.1) is 0 Å². The largest absolute Gasteiger partial charge is 0.308 e. The zero-order valence-corrected chi connectivity index (χ0v) is 12.8. The molecule has 1 aliphatic rings. The van der Waals surface area contributed by atoms with Gasteiger partial charge in [0.15, 0.2) is 0 Å². The van der Waals surface area contributed by atoms with Crippen LogP contribution in [0.4, 0.5) is 0 Å². The van der Waals surface area contributed by atoms with Crippen LogP contribution in [0.3, 0.4) is 0 Å². The van der Waals surface area contributed by atoms with E-state index in [4.69, 9.17) is 0 Å². The summed E-state index contributed by atoms with van der Waals surface area (Å²) < 4.78 is 0. The third kappa shape index (κ3) is 4.07. The van der Waals surface area contributed by atoms with Crippen molar-refractivity contribution in [2.45, 2.75) is 77.3 Å². The SMILES string of the molecule is CCCCC(NC(C)C)c1cccc(C2CCC2)c1. The maximum Gasteiger partial charge on any atom is 0.0322 e. The summed E-state index contributed by atoms with van der Waals surface area (Å²) in [6.45, 7) is 6.76. The van der Waals surface area contributed by atoms with E-state index in [1.165, 1.54) is 44.1 Å². The van der Waals surface area contributed by atoms with E-state index in [0.29, 0.717) is 12.1 Å². The lowest BCUT2D eigenvalue weighted by Gasteiger charge is -2.28. The van der Waals surface area contributed by atoms with E-state index in [2.05, 4.69) is 50.4 Å². The third-order valence-electron chi connectivity index (χ3n) is 4.27. The van der Waals surface area contributed by atoms with Gasteiger partial charge in [0.25, 0.3) is 0 Å². The lowest BCUT2D eigenvalue weighted by atomic mass is 9.79. The molecule has 1 aromatic rings.